The molecule has 2 aliphatic heterocycles. The van der Waals surface area contributed by atoms with Gasteiger partial charge in [-0.3, -0.25) is 0 Å². The molecule has 0 spiro atoms. The normalized spacial score (nSPS) is 32.2. The first-order valence-corrected chi connectivity index (χ1v) is 13.3. The summed E-state index contributed by atoms with van der Waals surface area (Å²) in [4.78, 5) is 0. The van der Waals surface area contributed by atoms with Crippen LogP contribution in [0.2, 0.25) is 0 Å². The van der Waals surface area contributed by atoms with Crippen LogP contribution < -0.4 is 21.9 Å². The van der Waals surface area contributed by atoms with Crippen molar-refractivity contribution < 1.29 is 86.5 Å². The highest BCUT2D eigenvalue weighted by Gasteiger charge is 2.48. The summed E-state index contributed by atoms with van der Waals surface area (Å²) in [5.74, 6) is -0.865. The van der Waals surface area contributed by atoms with Gasteiger partial charge in [0.05, 0.1) is 31.5 Å². The molecule has 2 aliphatic rings. The molecule has 0 radical (unpaired) electrons. The number of rotatable bonds is 7. The van der Waals surface area contributed by atoms with E-state index < -0.39 is 68.0 Å². The summed E-state index contributed by atoms with van der Waals surface area (Å²) in [6.45, 7) is 0.952. The second-order valence-electron chi connectivity index (χ2n) is 10.4. The Bertz CT molecular complexity index is 1460. The molecule has 3 aromatic rings. The fraction of sp³-hybridized carbons (Fsp3) is 0.464. The number of ether oxygens (including phenoxy) is 5. The van der Waals surface area contributed by atoms with Crippen LogP contribution in [-0.4, -0.2) is 121 Å². The number of hydrogen-bond donors (Lipinski definition) is 9. The van der Waals surface area contributed by atoms with Crippen molar-refractivity contribution in [3.05, 3.63) is 36.4 Å². The quantitative estimate of drug-likeness (QED) is 0.114. The maximum absolute atomic E-state index is 10.7. The van der Waals surface area contributed by atoms with Gasteiger partial charge in [-0.05, 0) is 19.1 Å². The Hall–Kier alpha value is -3.22. The molecule has 15 nitrogen and oxygen atoms in total. The van der Waals surface area contributed by atoms with Gasteiger partial charge in [-0.25, -0.2) is 4.42 Å². The lowest BCUT2D eigenvalue weighted by Gasteiger charge is -2.42. The maximum Gasteiger partial charge on any atom is 0.402 e. The molecule has 2 fully saturated rings. The standard InChI is InChI=1S/C28H32O15.ClH/c1-10-20(32)22(34)24(36)27(40-10)39-9-19-21(33)23(35)25(37)28(43-19)42-18-8-13-15(31)6-12(29)7-16(13)41-26(18)11-3-4-14(30)17(5-11)38-2;/h3-8,10,19-25,27-28,32-37H,9H2,1-2H3,(H2-,29,30,31);1H. The molecular formula is C28H33ClO15. The smallest absolute Gasteiger partial charge is 0.402 e. The number of benzene rings is 2. The minimum absolute atomic E-state index is 0. The van der Waals surface area contributed by atoms with Crippen LogP contribution in [0.1, 0.15) is 6.92 Å². The van der Waals surface area contributed by atoms with E-state index in [0.717, 1.165) is 6.07 Å². The molecule has 3 heterocycles. The average molecular weight is 645 g/mol. The summed E-state index contributed by atoms with van der Waals surface area (Å²) in [6, 6.07) is 7.87. The van der Waals surface area contributed by atoms with Crippen LogP contribution in [0.25, 0.3) is 22.3 Å². The Morgan fingerprint density at radius 2 is 1.43 bits per heavy atom. The Labute approximate surface area is 256 Å². The summed E-state index contributed by atoms with van der Waals surface area (Å²) in [7, 11) is 1.34. The first kappa shape index (κ1) is 33.7. The number of fused-ring (bicyclic) bond motifs is 1. The zero-order chi connectivity index (χ0) is 31.2. The van der Waals surface area contributed by atoms with Crippen LogP contribution in [0.4, 0.5) is 0 Å². The monoisotopic (exact) mass is 644 g/mol. The van der Waals surface area contributed by atoms with Gasteiger partial charge in [-0.15, -0.1) is 0 Å². The van der Waals surface area contributed by atoms with Crippen molar-refractivity contribution in [2.45, 2.75) is 68.3 Å². The zero-order valence-electron chi connectivity index (χ0n) is 23.3. The third kappa shape index (κ3) is 6.43. The van der Waals surface area contributed by atoms with Gasteiger partial charge in [0.15, 0.2) is 17.8 Å². The summed E-state index contributed by atoms with van der Waals surface area (Å²) in [6.07, 6.45) is -15.1. The first-order valence-electron chi connectivity index (χ1n) is 13.3. The van der Waals surface area contributed by atoms with Gasteiger partial charge >= 0.3 is 11.3 Å². The lowest BCUT2D eigenvalue weighted by atomic mass is 9.98. The highest BCUT2D eigenvalue weighted by atomic mass is 35.5. The second kappa shape index (κ2) is 13.4. The second-order valence-corrected chi connectivity index (χ2v) is 10.4. The number of aromatic hydroxyl groups is 3. The van der Waals surface area contributed by atoms with Crippen molar-refractivity contribution >= 4 is 11.0 Å². The van der Waals surface area contributed by atoms with Gasteiger partial charge < -0.3 is 82.1 Å². The van der Waals surface area contributed by atoms with Gasteiger partial charge in [0, 0.05) is 18.2 Å². The van der Waals surface area contributed by atoms with Crippen molar-refractivity contribution in [1.82, 2.24) is 0 Å². The van der Waals surface area contributed by atoms with Gasteiger partial charge in [0.2, 0.25) is 12.0 Å². The molecule has 10 atom stereocenters. The topological polar surface area (TPSA) is 240 Å². The van der Waals surface area contributed by atoms with Crippen molar-refractivity contribution in [3.8, 4) is 40.1 Å². The van der Waals surface area contributed by atoms with E-state index >= 15 is 0 Å². The Balaban J connectivity index is 0.00000442. The lowest BCUT2D eigenvalue weighted by molar-refractivity contribution is -0.318. The van der Waals surface area contributed by atoms with E-state index in [0.29, 0.717) is 5.56 Å². The number of methoxy groups -OCH3 is 1. The van der Waals surface area contributed by atoms with Crippen molar-refractivity contribution in [3.63, 3.8) is 0 Å². The Morgan fingerprint density at radius 3 is 2.14 bits per heavy atom. The van der Waals surface area contributed by atoms with Crippen LogP contribution >= 0.6 is 0 Å². The fourth-order valence-corrected chi connectivity index (χ4v) is 4.91. The molecule has 2 saturated heterocycles. The number of hydrogen-bond acceptors (Lipinski definition) is 14. The van der Waals surface area contributed by atoms with E-state index in [-0.39, 0.29) is 57.9 Å². The number of phenols is 3. The van der Waals surface area contributed by atoms with Crippen LogP contribution in [0, 0.1) is 0 Å². The fourth-order valence-electron chi connectivity index (χ4n) is 4.91. The van der Waals surface area contributed by atoms with Crippen LogP contribution in [0.5, 0.6) is 28.7 Å². The van der Waals surface area contributed by atoms with E-state index in [1.165, 1.54) is 44.4 Å². The third-order valence-electron chi connectivity index (χ3n) is 7.40. The highest BCUT2D eigenvalue weighted by Crippen LogP contribution is 2.42. The molecule has 16 heteroatoms. The van der Waals surface area contributed by atoms with E-state index in [1.54, 1.807) is 0 Å². The van der Waals surface area contributed by atoms with E-state index in [2.05, 4.69) is 0 Å². The Morgan fingerprint density at radius 1 is 0.750 bits per heavy atom. The van der Waals surface area contributed by atoms with E-state index in [1.807, 2.05) is 0 Å². The Kier molecular flexibility index (Phi) is 10.3. The molecule has 1 aromatic heterocycles. The number of phenolic OH excluding ortho intramolecular Hbond substituents is 3. The number of aliphatic hydroxyl groups is 6. The molecule has 242 valence electrons. The number of halogens is 1. The molecule has 44 heavy (non-hydrogen) atoms. The highest BCUT2D eigenvalue weighted by molar-refractivity contribution is 5.88. The van der Waals surface area contributed by atoms with E-state index in [4.69, 9.17) is 28.1 Å². The summed E-state index contributed by atoms with van der Waals surface area (Å²) in [5, 5.41) is 92.6. The van der Waals surface area contributed by atoms with Crippen molar-refractivity contribution in [2.24, 2.45) is 0 Å². The lowest BCUT2D eigenvalue weighted by Crippen LogP contribution is -3.00. The molecule has 0 aliphatic carbocycles. The van der Waals surface area contributed by atoms with Gasteiger partial charge in [-0.2, -0.15) is 0 Å². The average Bonchev–Trinajstić information content (AvgIpc) is 2.98. The third-order valence-corrected chi connectivity index (χ3v) is 7.40. The summed E-state index contributed by atoms with van der Waals surface area (Å²) < 4.78 is 33.7. The van der Waals surface area contributed by atoms with Crippen molar-refractivity contribution in [1.29, 1.82) is 0 Å². The van der Waals surface area contributed by atoms with Gasteiger partial charge in [0.25, 0.3) is 0 Å². The molecule has 0 bridgehead atoms. The minimum Gasteiger partial charge on any atom is -1.00 e. The maximum atomic E-state index is 10.7. The zero-order valence-corrected chi connectivity index (χ0v) is 24.1. The SMILES string of the molecule is COc1cc(-c2[o+]c3cc(O)cc(O)c3cc2OC2OC(COC3OC(C)C(O)C(O)C3O)C(O)C(O)C2O)ccc1O.[Cl-]. The van der Waals surface area contributed by atoms with Crippen LogP contribution in [0.3, 0.4) is 0 Å². The molecule has 5 rings (SSSR count). The van der Waals surface area contributed by atoms with Crippen LogP contribution in [-0.2, 0) is 14.2 Å². The van der Waals surface area contributed by atoms with Gasteiger partial charge in [-0.1, -0.05) is 0 Å². The van der Waals surface area contributed by atoms with Gasteiger partial charge in [0.1, 0.15) is 59.6 Å². The minimum atomic E-state index is -1.80. The predicted octanol–water partition coefficient (Wildman–Crippen LogP) is -3.46. The molecule has 10 unspecified atom stereocenters. The molecule has 2 aromatic carbocycles. The summed E-state index contributed by atoms with van der Waals surface area (Å²) in [5.41, 5.74) is 0.352. The predicted molar refractivity (Wildman–Crippen MR) is 143 cm³/mol. The van der Waals surface area contributed by atoms with Crippen molar-refractivity contribution in [2.75, 3.05) is 13.7 Å². The molecule has 9 N–H and O–H groups in total. The molecular weight excluding hydrogens is 612 g/mol. The largest absolute Gasteiger partial charge is 1.00 e. The first-order chi connectivity index (χ1) is 20.4. The molecule has 0 saturated carbocycles. The summed E-state index contributed by atoms with van der Waals surface area (Å²) >= 11 is 0. The van der Waals surface area contributed by atoms with Crippen LogP contribution in [0.15, 0.2) is 40.8 Å². The van der Waals surface area contributed by atoms with E-state index in [9.17, 15) is 46.0 Å². The molecule has 0 amide bonds. The number of aliphatic hydroxyl groups excluding tert-OH is 6.